The summed E-state index contributed by atoms with van der Waals surface area (Å²) in [7, 11) is 0. The lowest BCUT2D eigenvalue weighted by Crippen LogP contribution is -1.84. The van der Waals surface area contributed by atoms with Gasteiger partial charge in [0.1, 0.15) is 0 Å². The van der Waals surface area contributed by atoms with Crippen molar-refractivity contribution >= 4 is 6.08 Å². The molecule has 4 nitrogen and oxygen atoms in total. The zero-order valence-electron chi connectivity index (χ0n) is 7.47. The minimum Gasteiger partial charge on any atom is -0.220 e. The number of hydrogen-bond acceptors (Lipinski definition) is 2. The van der Waals surface area contributed by atoms with Gasteiger partial charge in [-0.05, 0) is 30.2 Å². The van der Waals surface area contributed by atoms with Crippen molar-refractivity contribution in [3.63, 3.8) is 0 Å². The fourth-order valence-corrected chi connectivity index (χ4v) is 0.898. The van der Waals surface area contributed by atoms with E-state index in [1.54, 1.807) is 24.3 Å². The first-order chi connectivity index (χ1) is 6.83. The van der Waals surface area contributed by atoms with Gasteiger partial charge in [0, 0.05) is 11.5 Å². The van der Waals surface area contributed by atoms with Crippen LogP contribution < -0.4 is 0 Å². The highest BCUT2D eigenvalue weighted by Gasteiger charge is 1.90. The summed E-state index contributed by atoms with van der Waals surface area (Å²) >= 11 is 0. The molecule has 0 saturated carbocycles. The van der Waals surface area contributed by atoms with Crippen LogP contribution in [0.1, 0.15) is 12.1 Å². The molecule has 0 unspecified atom stereocenters. The molecule has 0 aliphatic rings. The highest BCUT2D eigenvalue weighted by atomic mass is 19.1. The minimum atomic E-state index is -0.498. The van der Waals surface area contributed by atoms with Crippen LogP contribution >= 0.6 is 0 Å². The van der Waals surface area contributed by atoms with Crippen LogP contribution in [0, 0.1) is 5.95 Å². The molecule has 5 heteroatoms. The van der Waals surface area contributed by atoms with Crippen LogP contribution in [0.5, 0.6) is 0 Å². The summed E-state index contributed by atoms with van der Waals surface area (Å²) in [6, 6.07) is 4.58. The SMILES string of the molecule is [N-]=[N+]=NCCC=Cc1cccc(F)n1. The Morgan fingerprint density at radius 3 is 3.14 bits per heavy atom. The van der Waals surface area contributed by atoms with Gasteiger partial charge >= 0.3 is 0 Å². The number of pyridine rings is 1. The Morgan fingerprint density at radius 2 is 2.43 bits per heavy atom. The molecular weight excluding hydrogens is 183 g/mol. The molecule has 0 atom stereocenters. The van der Waals surface area contributed by atoms with E-state index in [2.05, 4.69) is 15.0 Å². The minimum absolute atomic E-state index is 0.405. The van der Waals surface area contributed by atoms with Crippen LogP contribution in [0.15, 0.2) is 29.4 Å². The molecule has 0 aliphatic heterocycles. The Labute approximate surface area is 80.7 Å². The Morgan fingerprint density at radius 1 is 1.57 bits per heavy atom. The van der Waals surface area contributed by atoms with Crippen LogP contribution in [-0.4, -0.2) is 11.5 Å². The predicted octanol–water partition coefficient (Wildman–Crippen LogP) is 2.93. The average molecular weight is 192 g/mol. The van der Waals surface area contributed by atoms with E-state index in [4.69, 9.17) is 5.53 Å². The molecule has 0 fully saturated rings. The lowest BCUT2D eigenvalue weighted by atomic mass is 10.3. The number of nitrogens with zero attached hydrogens (tertiary/aromatic N) is 4. The van der Waals surface area contributed by atoms with E-state index < -0.39 is 5.95 Å². The van der Waals surface area contributed by atoms with Gasteiger partial charge in [0.2, 0.25) is 5.95 Å². The lowest BCUT2D eigenvalue weighted by molar-refractivity contribution is 0.582. The van der Waals surface area contributed by atoms with E-state index >= 15 is 0 Å². The molecule has 72 valence electrons. The van der Waals surface area contributed by atoms with E-state index in [1.165, 1.54) is 6.07 Å². The van der Waals surface area contributed by atoms with Crippen molar-refractivity contribution in [2.24, 2.45) is 5.11 Å². The summed E-state index contributed by atoms with van der Waals surface area (Å²) in [5.41, 5.74) is 8.55. The van der Waals surface area contributed by atoms with E-state index in [-0.39, 0.29) is 0 Å². The largest absolute Gasteiger partial charge is 0.220 e. The summed E-state index contributed by atoms with van der Waals surface area (Å²) in [4.78, 5) is 6.24. The van der Waals surface area contributed by atoms with Gasteiger partial charge in [-0.2, -0.15) is 4.39 Å². The molecule has 0 amide bonds. The van der Waals surface area contributed by atoms with Crippen molar-refractivity contribution in [3.05, 3.63) is 46.4 Å². The first-order valence-electron chi connectivity index (χ1n) is 4.13. The number of aromatic nitrogens is 1. The molecule has 1 aromatic heterocycles. The van der Waals surface area contributed by atoms with E-state index in [0.717, 1.165) is 0 Å². The van der Waals surface area contributed by atoms with E-state index in [1.807, 2.05) is 0 Å². The Bertz CT molecular complexity index is 369. The standard InChI is InChI=1S/C9H9FN4/c10-9-6-3-5-8(13-9)4-1-2-7-12-14-11/h1,3-6H,2,7H2. The molecule has 0 spiro atoms. The summed E-state index contributed by atoms with van der Waals surface area (Å²) in [5, 5.41) is 3.36. The number of azide groups is 1. The van der Waals surface area contributed by atoms with Crippen LogP contribution in [-0.2, 0) is 0 Å². The number of rotatable bonds is 4. The van der Waals surface area contributed by atoms with Gasteiger partial charge in [-0.25, -0.2) is 4.98 Å². The highest BCUT2D eigenvalue weighted by molar-refractivity contribution is 5.43. The fraction of sp³-hybridized carbons (Fsp3) is 0.222. The summed E-state index contributed by atoms with van der Waals surface area (Å²) in [6.45, 7) is 0.405. The van der Waals surface area contributed by atoms with E-state index in [9.17, 15) is 4.39 Å². The molecular formula is C9H9FN4. The molecule has 0 saturated heterocycles. The van der Waals surface area contributed by atoms with Crippen molar-refractivity contribution in [3.8, 4) is 0 Å². The molecule has 1 heterocycles. The quantitative estimate of drug-likeness (QED) is 0.238. The Kier molecular flexibility index (Phi) is 4.17. The average Bonchev–Trinajstić information content (AvgIpc) is 2.18. The lowest BCUT2D eigenvalue weighted by Gasteiger charge is -1.91. The normalized spacial score (nSPS) is 10.1. The van der Waals surface area contributed by atoms with Crippen molar-refractivity contribution in [2.75, 3.05) is 6.54 Å². The molecule has 0 aromatic carbocycles. The first kappa shape index (κ1) is 10.2. The molecule has 0 aliphatic carbocycles. The van der Waals surface area contributed by atoms with Crippen molar-refractivity contribution in [1.82, 2.24) is 4.98 Å². The first-order valence-corrected chi connectivity index (χ1v) is 4.13. The second-order valence-corrected chi connectivity index (χ2v) is 2.53. The maximum absolute atomic E-state index is 12.6. The molecule has 0 N–H and O–H groups in total. The topological polar surface area (TPSA) is 61.7 Å². The third-order valence-electron chi connectivity index (χ3n) is 1.48. The van der Waals surface area contributed by atoms with Crippen molar-refractivity contribution < 1.29 is 4.39 Å². The van der Waals surface area contributed by atoms with Crippen LogP contribution in [0.3, 0.4) is 0 Å². The molecule has 1 rings (SSSR count). The maximum Gasteiger partial charge on any atom is 0.213 e. The van der Waals surface area contributed by atoms with Gasteiger partial charge in [-0.1, -0.05) is 17.3 Å². The zero-order chi connectivity index (χ0) is 10.2. The van der Waals surface area contributed by atoms with Crippen molar-refractivity contribution in [1.29, 1.82) is 0 Å². The van der Waals surface area contributed by atoms with Crippen molar-refractivity contribution in [2.45, 2.75) is 6.42 Å². The molecule has 1 aromatic rings. The molecule has 0 bridgehead atoms. The van der Waals surface area contributed by atoms with Gasteiger partial charge in [-0.3, -0.25) is 0 Å². The Balaban J connectivity index is 2.47. The third kappa shape index (κ3) is 3.69. The monoisotopic (exact) mass is 192 g/mol. The van der Waals surface area contributed by atoms with Crippen LogP contribution in [0.4, 0.5) is 4.39 Å². The van der Waals surface area contributed by atoms with Gasteiger partial charge in [0.15, 0.2) is 0 Å². The smallest absolute Gasteiger partial charge is 0.213 e. The Hall–Kier alpha value is -1.87. The predicted molar refractivity (Wildman–Crippen MR) is 51.9 cm³/mol. The van der Waals surface area contributed by atoms with Gasteiger partial charge in [0.05, 0.1) is 5.69 Å². The van der Waals surface area contributed by atoms with Gasteiger partial charge in [0.25, 0.3) is 0 Å². The fourth-order valence-electron chi connectivity index (χ4n) is 0.898. The zero-order valence-corrected chi connectivity index (χ0v) is 7.47. The van der Waals surface area contributed by atoms with Crippen LogP contribution in [0.25, 0.3) is 16.5 Å². The van der Waals surface area contributed by atoms with Gasteiger partial charge in [-0.15, -0.1) is 0 Å². The second-order valence-electron chi connectivity index (χ2n) is 2.53. The molecule has 0 radical (unpaired) electrons. The highest BCUT2D eigenvalue weighted by Crippen LogP contribution is 2.00. The van der Waals surface area contributed by atoms with Gasteiger partial charge < -0.3 is 0 Å². The number of hydrogen-bond donors (Lipinski definition) is 0. The maximum atomic E-state index is 12.6. The summed E-state index contributed by atoms with van der Waals surface area (Å²) in [5.74, 6) is -0.498. The summed E-state index contributed by atoms with van der Waals surface area (Å²) < 4.78 is 12.6. The van der Waals surface area contributed by atoms with E-state index in [0.29, 0.717) is 18.7 Å². The van der Waals surface area contributed by atoms with Crippen LogP contribution in [0.2, 0.25) is 0 Å². The number of halogens is 1. The molecule has 14 heavy (non-hydrogen) atoms. The summed E-state index contributed by atoms with van der Waals surface area (Å²) in [6.07, 6.45) is 4.11. The third-order valence-corrected chi connectivity index (χ3v) is 1.48. The second kappa shape index (κ2) is 5.72.